The molecule has 1 fully saturated rings. The molecule has 8 nitrogen and oxygen atoms in total. The summed E-state index contributed by atoms with van der Waals surface area (Å²) < 4.78 is 5.47. The first-order chi connectivity index (χ1) is 16.9. The molecular formula is C26H22N4O4S. The number of Topliss-reactive ketones (excluding diaryl/α,β-unsaturated/α-hetero) is 1. The second kappa shape index (κ2) is 9.19. The molecule has 3 heterocycles. The van der Waals surface area contributed by atoms with Crippen molar-refractivity contribution in [2.75, 3.05) is 10.2 Å². The van der Waals surface area contributed by atoms with Gasteiger partial charge in [-0.2, -0.15) is 0 Å². The van der Waals surface area contributed by atoms with Crippen LogP contribution in [0.1, 0.15) is 29.5 Å². The minimum atomic E-state index is -0.811. The lowest BCUT2D eigenvalue weighted by molar-refractivity contribution is -0.124. The molecular weight excluding hydrogens is 464 g/mol. The predicted molar refractivity (Wildman–Crippen MR) is 136 cm³/mol. The van der Waals surface area contributed by atoms with E-state index >= 15 is 0 Å². The van der Waals surface area contributed by atoms with Gasteiger partial charge in [0, 0.05) is 23.0 Å². The van der Waals surface area contributed by atoms with Crippen LogP contribution in [-0.4, -0.2) is 38.6 Å². The first kappa shape index (κ1) is 22.5. The van der Waals surface area contributed by atoms with Crippen LogP contribution >= 0.6 is 12.2 Å². The van der Waals surface area contributed by atoms with Gasteiger partial charge in [-0.05, 0) is 79.1 Å². The molecule has 0 radical (unpaired) electrons. The highest BCUT2D eigenvalue weighted by Crippen LogP contribution is 2.29. The molecule has 2 aromatic heterocycles. The Balaban J connectivity index is 1.39. The molecule has 1 aliphatic heterocycles. The SMILES string of the molecule is CC(=O)c1ccc(N2C(=O)C(CC(=O)Nc3ccc4cc[nH]c4c3)N(Cc3ccco3)C2=S)cc1. The van der Waals surface area contributed by atoms with Crippen LogP contribution in [0.25, 0.3) is 10.9 Å². The normalized spacial score (nSPS) is 15.7. The maximum Gasteiger partial charge on any atom is 0.256 e. The Morgan fingerprint density at radius 1 is 1.11 bits per heavy atom. The third-order valence-corrected chi connectivity index (χ3v) is 6.39. The minimum Gasteiger partial charge on any atom is -0.467 e. The number of carbonyl (C=O) groups excluding carboxylic acids is 3. The van der Waals surface area contributed by atoms with Crippen molar-refractivity contribution < 1.29 is 18.8 Å². The lowest BCUT2D eigenvalue weighted by Crippen LogP contribution is -2.37. The first-order valence-electron chi connectivity index (χ1n) is 11.1. The van der Waals surface area contributed by atoms with E-state index in [0.717, 1.165) is 10.9 Å². The van der Waals surface area contributed by atoms with Crippen LogP contribution in [-0.2, 0) is 16.1 Å². The number of benzene rings is 2. The number of furan rings is 1. The number of fused-ring (bicyclic) bond motifs is 1. The number of hydrogen-bond donors (Lipinski definition) is 2. The lowest BCUT2D eigenvalue weighted by atomic mass is 10.1. The van der Waals surface area contributed by atoms with Gasteiger partial charge >= 0.3 is 0 Å². The average molecular weight is 487 g/mol. The Hall–Kier alpha value is -4.24. The van der Waals surface area contributed by atoms with Crippen LogP contribution in [0.15, 0.2) is 77.5 Å². The van der Waals surface area contributed by atoms with Gasteiger partial charge in [0.15, 0.2) is 10.9 Å². The number of anilines is 2. The van der Waals surface area contributed by atoms with Gasteiger partial charge in [0.05, 0.1) is 24.9 Å². The Labute approximate surface area is 206 Å². The van der Waals surface area contributed by atoms with E-state index in [0.29, 0.717) is 22.7 Å². The molecule has 2 amide bonds. The maximum absolute atomic E-state index is 13.5. The Kier molecular flexibility index (Phi) is 5.92. The monoisotopic (exact) mass is 486 g/mol. The van der Waals surface area contributed by atoms with E-state index < -0.39 is 6.04 Å². The number of rotatable bonds is 7. The molecule has 0 aliphatic carbocycles. The van der Waals surface area contributed by atoms with Crippen molar-refractivity contribution in [3.05, 3.63) is 84.4 Å². The van der Waals surface area contributed by atoms with Crippen LogP contribution in [0.4, 0.5) is 11.4 Å². The summed E-state index contributed by atoms with van der Waals surface area (Å²) in [7, 11) is 0. The van der Waals surface area contributed by atoms with Gasteiger partial charge in [0.1, 0.15) is 11.8 Å². The number of H-pyrrole nitrogens is 1. The topological polar surface area (TPSA) is 98.7 Å². The summed E-state index contributed by atoms with van der Waals surface area (Å²) in [5.41, 5.74) is 2.61. The number of nitrogens with one attached hydrogen (secondary N) is 2. The summed E-state index contributed by atoms with van der Waals surface area (Å²) >= 11 is 5.67. The number of carbonyl (C=O) groups is 3. The number of aromatic nitrogens is 1. The number of hydrogen-bond acceptors (Lipinski definition) is 5. The van der Waals surface area contributed by atoms with Crippen LogP contribution in [0.2, 0.25) is 0 Å². The second-order valence-electron chi connectivity index (χ2n) is 8.31. The van der Waals surface area contributed by atoms with Gasteiger partial charge in [0.25, 0.3) is 5.91 Å². The molecule has 1 saturated heterocycles. The molecule has 1 atom stereocenters. The minimum absolute atomic E-state index is 0.0709. The van der Waals surface area contributed by atoms with E-state index in [1.165, 1.54) is 11.8 Å². The van der Waals surface area contributed by atoms with Gasteiger partial charge in [0.2, 0.25) is 5.91 Å². The third kappa shape index (κ3) is 4.45. The van der Waals surface area contributed by atoms with Crippen molar-refractivity contribution in [2.24, 2.45) is 0 Å². The van der Waals surface area contributed by atoms with Gasteiger partial charge in [-0.15, -0.1) is 0 Å². The van der Waals surface area contributed by atoms with Crippen molar-refractivity contribution in [3.8, 4) is 0 Å². The Morgan fingerprint density at radius 3 is 2.63 bits per heavy atom. The number of nitrogens with zero attached hydrogens (tertiary/aromatic N) is 2. The van der Waals surface area contributed by atoms with Crippen molar-refractivity contribution in [1.29, 1.82) is 0 Å². The quantitative estimate of drug-likeness (QED) is 0.295. The maximum atomic E-state index is 13.5. The number of aromatic amines is 1. The molecule has 5 rings (SSSR count). The fourth-order valence-electron chi connectivity index (χ4n) is 4.18. The zero-order chi connectivity index (χ0) is 24.5. The predicted octanol–water partition coefficient (Wildman–Crippen LogP) is 4.49. The molecule has 2 aromatic carbocycles. The lowest BCUT2D eigenvalue weighted by Gasteiger charge is -2.22. The van der Waals surface area contributed by atoms with E-state index in [1.807, 2.05) is 30.5 Å². The molecule has 2 N–H and O–H groups in total. The number of thiocarbonyl (C=S) groups is 1. The van der Waals surface area contributed by atoms with Crippen molar-refractivity contribution >= 4 is 57.2 Å². The van der Waals surface area contributed by atoms with Crippen LogP contribution in [0.5, 0.6) is 0 Å². The number of amides is 2. The highest BCUT2D eigenvalue weighted by atomic mass is 32.1. The Morgan fingerprint density at radius 2 is 1.91 bits per heavy atom. The second-order valence-corrected chi connectivity index (χ2v) is 8.68. The van der Waals surface area contributed by atoms with E-state index in [-0.39, 0.29) is 35.7 Å². The molecule has 9 heteroatoms. The summed E-state index contributed by atoms with van der Waals surface area (Å²) in [5, 5.41) is 4.19. The molecule has 0 bridgehead atoms. The highest BCUT2D eigenvalue weighted by Gasteiger charge is 2.44. The summed E-state index contributed by atoms with van der Waals surface area (Å²) in [5.74, 6) is -0.0719. The molecule has 0 saturated carbocycles. The zero-order valence-electron chi connectivity index (χ0n) is 18.9. The van der Waals surface area contributed by atoms with Gasteiger partial charge < -0.3 is 19.6 Å². The van der Waals surface area contributed by atoms with E-state index in [4.69, 9.17) is 16.6 Å². The molecule has 4 aromatic rings. The van der Waals surface area contributed by atoms with Crippen LogP contribution in [0, 0.1) is 0 Å². The van der Waals surface area contributed by atoms with Crippen molar-refractivity contribution in [3.63, 3.8) is 0 Å². The first-order valence-corrected chi connectivity index (χ1v) is 11.5. The van der Waals surface area contributed by atoms with Crippen LogP contribution in [0.3, 0.4) is 0 Å². The van der Waals surface area contributed by atoms with Crippen molar-refractivity contribution in [2.45, 2.75) is 25.9 Å². The summed E-state index contributed by atoms with van der Waals surface area (Å²) in [6, 6.07) is 16.9. The summed E-state index contributed by atoms with van der Waals surface area (Å²) in [6.07, 6.45) is 3.29. The number of ketones is 1. The molecule has 1 aliphatic rings. The van der Waals surface area contributed by atoms with Crippen molar-refractivity contribution in [1.82, 2.24) is 9.88 Å². The molecule has 176 valence electrons. The summed E-state index contributed by atoms with van der Waals surface area (Å²) in [6.45, 7) is 1.72. The third-order valence-electron chi connectivity index (χ3n) is 5.97. The standard InChI is InChI=1S/C26H22N4O4S/c1-16(31)17-5-8-20(9-6-17)30-25(33)23(29(26(30)35)15-21-3-2-12-34-21)14-24(32)28-19-7-4-18-10-11-27-22(18)13-19/h2-13,23,27H,14-15H2,1H3,(H,28,32). The van der Waals surface area contributed by atoms with Gasteiger partial charge in [-0.1, -0.05) is 6.07 Å². The van der Waals surface area contributed by atoms with Gasteiger partial charge in [-0.25, -0.2) is 0 Å². The largest absolute Gasteiger partial charge is 0.467 e. The molecule has 1 unspecified atom stereocenters. The van der Waals surface area contributed by atoms with Gasteiger partial charge in [-0.3, -0.25) is 19.3 Å². The molecule has 35 heavy (non-hydrogen) atoms. The van der Waals surface area contributed by atoms with Crippen LogP contribution < -0.4 is 10.2 Å². The Bertz CT molecular complexity index is 1430. The molecule has 0 spiro atoms. The highest BCUT2D eigenvalue weighted by molar-refractivity contribution is 7.80. The fraction of sp³-hybridized carbons (Fsp3) is 0.154. The zero-order valence-corrected chi connectivity index (χ0v) is 19.7. The summed E-state index contributed by atoms with van der Waals surface area (Å²) in [4.78, 5) is 44.4. The van der Waals surface area contributed by atoms with E-state index in [2.05, 4.69) is 10.3 Å². The smallest absolute Gasteiger partial charge is 0.256 e. The van der Waals surface area contributed by atoms with E-state index in [9.17, 15) is 14.4 Å². The fourth-order valence-corrected chi connectivity index (χ4v) is 4.57. The van der Waals surface area contributed by atoms with E-state index in [1.54, 1.807) is 47.6 Å². The average Bonchev–Trinajstić information content (AvgIpc) is 3.57.